The minimum atomic E-state index is -1.19. The van der Waals surface area contributed by atoms with Crippen LogP contribution in [-0.4, -0.2) is 27.6 Å². The van der Waals surface area contributed by atoms with Gasteiger partial charge in [-0.05, 0) is 48.0 Å². The number of para-hydroxylation sites is 2. The molecule has 0 aliphatic heterocycles. The highest BCUT2D eigenvalue weighted by atomic mass is 16.4. The third-order valence-electron chi connectivity index (χ3n) is 5.92. The molecule has 5 N–H and O–H groups in total. The fourth-order valence-corrected chi connectivity index (χ4v) is 4.21. The lowest BCUT2D eigenvalue weighted by Gasteiger charge is -2.12. The Balaban J connectivity index is 1.48. The number of amides is 2. The van der Waals surface area contributed by atoms with Crippen LogP contribution in [0.3, 0.4) is 0 Å². The first kappa shape index (κ1) is 22.8. The molecule has 0 bridgehead atoms. The van der Waals surface area contributed by atoms with Crippen LogP contribution in [0.2, 0.25) is 0 Å². The summed E-state index contributed by atoms with van der Waals surface area (Å²) in [5, 5.41) is 16.9. The van der Waals surface area contributed by atoms with Gasteiger partial charge in [-0.3, -0.25) is 9.36 Å². The molecule has 0 unspecified atom stereocenters. The van der Waals surface area contributed by atoms with Gasteiger partial charge in [0, 0.05) is 34.3 Å². The third kappa shape index (κ3) is 4.28. The lowest BCUT2D eigenvalue weighted by molar-refractivity contribution is 0.0696. The molecule has 8 heteroatoms. The average Bonchev–Trinajstić information content (AvgIpc) is 3.23. The van der Waals surface area contributed by atoms with E-state index in [9.17, 15) is 19.5 Å². The van der Waals surface area contributed by atoms with Crippen molar-refractivity contribution in [1.29, 1.82) is 0 Å². The summed E-state index contributed by atoms with van der Waals surface area (Å²) in [5.74, 6) is -1.61. The van der Waals surface area contributed by atoms with E-state index in [1.807, 2.05) is 48.5 Å². The van der Waals surface area contributed by atoms with Crippen molar-refractivity contribution in [3.8, 4) is 0 Å². The van der Waals surface area contributed by atoms with Crippen LogP contribution in [-0.2, 0) is 6.54 Å². The predicted octanol–water partition coefficient (Wildman–Crippen LogP) is 5.28. The summed E-state index contributed by atoms with van der Waals surface area (Å²) < 4.78 is 1.55. The molecule has 0 spiro atoms. The predicted molar refractivity (Wildman–Crippen MR) is 140 cm³/mol. The number of nitrogens with zero attached hydrogens (tertiary/aromatic N) is 1. The molecule has 1 heterocycles. The Bertz CT molecular complexity index is 1580. The van der Waals surface area contributed by atoms with Gasteiger partial charge in [-0.25, -0.2) is 9.59 Å². The van der Waals surface area contributed by atoms with Crippen molar-refractivity contribution in [2.45, 2.75) is 6.54 Å². The summed E-state index contributed by atoms with van der Waals surface area (Å²) in [6, 6.07) is 25.6. The maximum Gasteiger partial charge on any atom is 0.335 e. The minimum absolute atomic E-state index is 0.0798. The second-order valence-corrected chi connectivity index (χ2v) is 8.26. The minimum Gasteiger partial charge on any atom is -0.478 e. The van der Waals surface area contributed by atoms with E-state index in [4.69, 9.17) is 5.73 Å². The van der Waals surface area contributed by atoms with E-state index >= 15 is 0 Å². The van der Waals surface area contributed by atoms with Crippen LogP contribution in [0.15, 0.2) is 91.0 Å². The number of aromatic nitrogens is 1. The number of anilines is 2. The quantitative estimate of drug-likeness (QED) is 0.273. The third-order valence-corrected chi connectivity index (χ3v) is 5.92. The SMILES string of the molecule is NCc1ccc(C(=O)Nc2cc(NC(=O)n3c4ccccc4c4ccccc43)cc(C(=O)O)c2)cc1. The van der Waals surface area contributed by atoms with Gasteiger partial charge in [-0.15, -0.1) is 0 Å². The molecule has 0 saturated heterocycles. The number of carboxylic acid groups (broad SMARTS) is 1. The van der Waals surface area contributed by atoms with Crippen molar-refractivity contribution in [2.75, 3.05) is 10.6 Å². The smallest absolute Gasteiger partial charge is 0.335 e. The molecule has 0 aliphatic rings. The first-order valence-corrected chi connectivity index (χ1v) is 11.2. The van der Waals surface area contributed by atoms with Crippen LogP contribution in [0.5, 0.6) is 0 Å². The van der Waals surface area contributed by atoms with Gasteiger partial charge in [-0.2, -0.15) is 0 Å². The second kappa shape index (κ2) is 9.36. The number of benzene rings is 4. The molecule has 0 radical (unpaired) electrons. The van der Waals surface area contributed by atoms with E-state index in [1.165, 1.54) is 18.2 Å². The Morgan fingerprint density at radius 3 is 1.83 bits per heavy atom. The van der Waals surface area contributed by atoms with Gasteiger partial charge in [0.2, 0.25) is 0 Å². The molecule has 5 rings (SSSR count). The standard InChI is InChI=1S/C28H22N4O4/c29-16-17-9-11-18(12-10-17)26(33)30-20-13-19(27(34)35)14-21(15-20)31-28(36)32-24-7-3-1-5-22(24)23-6-2-4-8-25(23)32/h1-15H,16,29H2,(H,30,33)(H,31,36)(H,34,35). The number of carbonyl (C=O) groups excluding carboxylic acids is 2. The maximum atomic E-state index is 13.4. The molecule has 0 saturated carbocycles. The van der Waals surface area contributed by atoms with Gasteiger partial charge < -0.3 is 21.5 Å². The van der Waals surface area contributed by atoms with E-state index in [-0.39, 0.29) is 16.9 Å². The highest BCUT2D eigenvalue weighted by Gasteiger charge is 2.17. The van der Waals surface area contributed by atoms with Crippen molar-refractivity contribution >= 4 is 51.1 Å². The van der Waals surface area contributed by atoms with E-state index in [2.05, 4.69) is 10.6 Å². The topological polar surface area (TPSA) is 126 Å². The van der Waals surface area contributed by atoms with Crippen LogP contribution >= 0.6 is 0 Å². The summed E-state index contributed by atoms with van der Waals surface area (Å²) in [4.78, 5) is 37.9. The molecule has 5 aromatic rings. The van der Waals surface area contributed by atoms with E-state index < -0.39 is 17.9 Å². The number of hydrogen-bond acceptors (Lipinski definition) is 4. The maximum absolute atomic E-state index is 13.4. The zero-order valence-corrected chi connectivity index (χ0v) is 19.1. The zero-order chi connectivity index (χ0) is 25.2. The molecule has 0 aliphatic carbocycles. The summed E-state index contributed by atoms with van der Waals surface area (Å²) in [5.41, 5.74) is 8.71. The number of carbonyl (C=O) groups is 3. The van der Waals surface area contributed by atoms with E-state index in [0.717, 1.165) is 27.4 Å². The highest BCUT2D eigenvalue weighted by molar-refractivity contribution is 6.15. The normalized spacial score (nSPS) is 10.9. The average molecular weight is 479 g/mol. The molecule has 8 nitrogen and oxygen atoms in total. The Morgan fingerprint density at radius 2 is 1.28 bits per heavy atom. The second-order valence-electron chi connectivity index (χ2n) is 8.26. The summed E-state index contributed by atoms with van der Waals surface area (Å²) in [6.07, 6.45) is 0. The summed E-state index contributed by atoms with van der Waals surface area (Å²) in [7, 11) is 0. The van der Waals surface area contributed by atoms with Crippen LogP contribution in [0.25, 0.3) is 21.8 Å². The van der Waals surface area contributed by atoms with Crippen molar-refractivity contribution in [2.24, 2.45) is 5.73 Å². The van der Waals surface area contributed by atoms with Gasteiger partial charge in [0.1, 0.15) is 0 Å². The first-order valence-electron chi connectivity index (χ1n) is 11.2. The molecule has 0 fully saturated rings. The summed E-state index contributed by atoms with van der Waals surface area (Å²) in [6.45, 7) is 0.359. The molecule has 178 valence electrons. The van der Waals surface area contributed by atoms with Crippen LogP contribution < -0.4 is 16.4 Å². The molecular formula is C28H22N4O4. The fraction of sp³-hybridized carbons (Fsp3) is 0.0357. The number of hydrogen-bond donors (Lipinski definition) is 4. The zero-order valence-electron chi connectivity index (χ0n) is 19.1. The Kier molecular flexibility index (Phi) is 5.93. The number of nitrogens with one attached hydrogen (secondary N) is 2. The molecule has 1 aromatic heterocycles. The number of rotatable bonds is 5. The molecule has 36 heavy (non-hydrogen) atoms. The molecular weight excluding hydrogens is 456 g/mol. The molecule has 0 atom stereocenters. The van der Waals surface area contributed by atoms with Crippen molar-refractivity contribution in [3.63, 3.8) is 0 Å². The number of aromatic carboxylic acids is 1. The van der Waals surface area contributed by atoms with Gasteiger partial charge in [0.15, 0.2) is 0 Å². The lowest BCUT2D eigenvalue weighted by atomic mass is 10.1. The van der Waals surface area contributed by atoms with Crippen LogP contribution in [0, 0.1) is 0 Å². The molecule has 4 aromatic carbocycles. The van der Waals surface area contributed by atoms with Gasteiger partial charge in [0.05, 0.1) is 16.6 Å². The Morgan fingerprint density at radius 1 is 0.722 bits per heavy atom. The van der Waals surface area contributed by atoms with Gasteiger partial charge in [-0.1, -0.05) is 48.5 Å². The van der Waals surface area contributed by atoms with Gasteiger partial charge >= 0.3 is 12.0 Å². The Hall–Kier alpha value is -4.95. The largest absolute Gasteiger partial charge is 0.478 e. The molecule has 2 amide bonds. The fourth-order valence-electron chi connectivity index (χ4n) is 4.21. The number of nitrogens with two attached hydrogens (primary N) is 1. The monoisotopic (exact) mass is 478 g/mol. The van der Waals surface area contributed by atoms with Crippen LogP contribution in [0.1, 0.15) is 26.3 Å². The van der Waals surface area contributed by atoms with Crippen molar-refractivity contribution in [3.05, 3.63) is 108 Å². The van der Waals surface area contributed by atoms with Crippen molar-refractivity contribution in [1.82, 2.24) is 4.57 Å². The lowest BCUT2D eigenvalue weighted by Crippen LogP contribution is -2.20. The van der Waals surface area contributed by atoms with Crippen molar-refractivity contribution < 1.29 is 19.5 Å². The number of fused-ring (bicyclic) bond motifs is 3. The first-order chi connectivity index (χ1) is 17.4. The van der Waals surface area contributed by atoms with E-state index in [0.29, 0.717) is 12.1 Å². The van der Waals surface area contributed by atoms with Crippen LogP contribution in [0.4, 0.5) is 16.2 Å². The number of carboxylic acids is 1. The Labute approximate surface area is 206 Å². The van der Waals surface area contributed by atoms with E-state index in [1.54, 1.807) is 28.8 Å². The van der Waals surface area contributed by atoms with Gasteiger partial charge in [0.25, 0.3) is 5.91 Å². The highest BCUT2D eigenvalue weighted by Crippen LogP contribution is 2.29. The summed E-state index contributed by atoms with van der Waals surface area (Å²) >= 11 is 0.